The van der Waals surface area contributed by atoms with Crippen molar-refractivity contribution in [2.75, 3.05) is 13.2 Å². The van der Waals surface area contributed by atoms with Crippen LogP contribution in [0.15, 0.2) is 36.5 Å². The number of carboxylic acid groups (broad SMARTS) is 1. The Hall–Kier alpha value is -1.83. The van der Waals surface area contributed by atoms with Gasteiger partial charge in [-0.15, -0.1) is 0 Å². The monoisotopic (exact) mass is 432 g/mol. The van der Waals surface area contributed by atoms with Crippen LogP contribution >= 0.6 is 0 Å². The molecule has 0 fully saturated rings. The maximum atomic E-state index is 11.4. The van der Waals surface area contributed by atoms with Crippen molar-refractivity contribution < 1.29 is 19.4 Å². The van der Waals surface area contributed by atoms with Crippen molar-refractivity contribution in [1.82, 2.24) is 0 Å². The molecule has 176 valence electrons. The molecule has 0 saturated heterocycles. The predicted octanol–water partition coefficient (Wildman–Crippen LogP) is 7.07. The highest BCUT2D eigenvalue weighted by molar-refractivity contribution is 5.72. The van der Waals surface area contributed by atoms with Gasteiger partial charge in [-0.3, -0.25) is 4.79 Å². The molecule has 0 saturated carbocycles. The Morgan fingerprint density at radius 1 is 0.839 bits per heavy atom. The normalized spacial score (nSPS) is 12.8. The molecule has 0 aliphatic carbocycles. The molecule has 1 atom stereocenters. The zero-order chi connectivity index (χ0) is 23.0. The summed E-state index contributed by atoms with van der Waals surface area (Å²) in [5.74, 6) is 5.07. The molecule has 0 radical (unpaired) electrons. The van der Waals surface area contributed by atoms with E-state index in [-0.39, 0.29) is 0 Å². The summed E-state index contributed by atoms with van der Waals surface area (Å²) in [7, 11) is 0. The van der Waals surface area contributed by atoms with Crippen LogP contribution in [0.25, 0.3) is 0 Å². The van der Waals surface area contributed by atoms with Crippen LogP contribution in [0.5, 0.6) is 0 Å². The molecule has 0 aliphatic heterocycles. The Balaban J connectivity index is 4.39. The topological polar surface area (TPSA) is 55.8 Å². The van der Waals surface area contributed by atoms with Crippen LogP contribution < -0.4 is 0 Å². The number of carbonyl (C=O) groups is 1. The maximum Gasteiger partial charge on any atom is 0.310 e. The minimum absolute atomic E-state index is 0.394. The van der Waals surface area contributed by atoms with Gasteiger partial charge in [0.2, 0.25) is 6.29 Å². The second kappa shape index (κ2) is 22.8. The van der Waals surface area contributed by atoms with Gasteiger partial charge in [-0.1, -0.05) is 95.3 Å². The Labute approximate surface area is 190 Å². The molecular formula is C27H44O4. The Bertz CT molecular complexity index is 546. The highest BCUT2D eigenvalue weighted by Gasteiger charge is 2.12. The fraction of sp³-hybridized carbons (Fsp3) is 0.667. The molecule has 0 bridgehead atoms. The van der Waals surface area contributed by atoms with Gasteiger partial charge in [0.05, 0.1) is 19.1 Å². The molecule has 0 rings (SSSR count). The third kappa shape index (κ3) is 19.9. The van der Waals surface area contributed by atoms with Gasteiger partial charge in [0.1, 0.15) is 0 Å². The molecule has 0 aromatic heterocycles. The summed E-state index contributed by atoms with van der Waals surface area (Å²) in [6.07, 6.45) is 22.2. The molecule has 4 heteroatoms. The van der Waals surface area contributed by atoms with Crippen LogP contribution in [-0.2, 0) is 14.3 Å². The summed E-state index contributed by atoms with van der Waals surface area (Å²) in [5, 5.41) is 9.35. The van der Waals surface area contributed by atoms with Crippen LogP contribution in [-0.4, -0.2) is 30.6 Å². The van der Waals surface area contributed by atoms with E-state index in [1.165, 1.54) is 0 Å². The fourth-order valence-corrected chi connectivity index (χ4v) is 2.74. The number of allylic oxidation sites excluding steroid dienone is 3. The second-order valence-electron chi connectivity index (χ2n) is 7.60. The Morgan fingerprint density at radius 3 is 2.03 bits per heavy atom. The number of hydrogen-bond donors (Lipinski definition) is 1. The zero-order valence-corrected chi connectivity index (χ0v) is 20.0. The lowest BCUT2D eigenvalue weighted by Crippen LogP contribution is -2.15. The SMILES string of the molecule is CCC/C=C/COC(C#CCCCCC(/C=C/CCCC)C(=O)O)OC/C=C/CCC. The summed E-state index contributed by atoms with van der Waals surface area (Å²) < 4.78 is 11.5. The molecule has 31 heavy (non-hydrogen) atoms. The van der Waals surface area contributed by atoms with Crippen LogP contribution in [0.1, 0.15) is 91.4 Å². The largest absolute Gasteiger partial charge is 0.481 e. The number of rotatable bonds is 19. The fourth-order valence-electron chi connectivity index (χ4n) is 2.74. The van der Waals surface area contributed by atoms with E-state index < -0.39 is 18.2 Å². The van der Waals surface area contributed by atoms with E-state index in [4.69, 9.17) is 9.47 Å². The van der Waals surface area contributed by atoms with Gasteiger partial charge in [0, 0.05) is 6.42 Å². The smallest absolute Gasteiger partial charge is 0.310 e. The number of carboxylic acids is 1. The lowest BCUT2D eigenvalue weighted by atomic mass is 10.00. The third-order valence-corrected chi connectivity index (χ3v) is 4.63. The first-order valence-electron chi connectivity index (χ1n) is 12.1. The first kappa shape index (κ1) is 29.2. The predicted molar refractivity (Wildman–Crippen MR) is 130 cm³/mol. The van der Waals surface area contributed by atoms with Crippen molar-refractivity contribution in [3.8, 4) is 11.8 Å². The van der Waals surface area contributed by atoms with Gasteiger partial charge in [0.15, 0.2) is 0 Å². The summed E-state index contributed by atoms with van der Waals surface area (Å²) in [5.41, 5.74) is 0. The molecular weight excluding hydrogens is 388 g/mol. The maximum absolute atomic E-state index is 11.4. The molecule has 1 unspecified atom stereocenters. The summed E-state index contributed by atoms with van der Waals surface area (Å²) in [6, 6.07) is 0. The molecule has 0 spiro atoms. The quantitative estimate of drug-likeness (QED) is 0.103. The van der Waals surface area contributed by atoms with Crippen LogP contribution in [0, 0.1) is 17.8 Å². The van der Waals surface area contributed by atoms with E-state index >= 15 is 0 Å². The standard InChI is InChI=1S/C27H44O4/c1-4-7-10-15-20-25(27(28)29)21-16-13-14-17-22-26(30-23-18-11-8-5-2)31-24-19-12-9-6-3/h11-12,15,18-20,25-26H,4-10,13-14,16,21,23-24H2,1-3H3,(H,28,29)/b18-11+,19-12+,20-15+. The van der Waals surface area contributed by atoms with Crippen molar-refractivity contribution in [1.29, 1.82) is 0 Å². The van der Waals surface area contributed by atoms with Gasteiger partial charge in [0.25, 0.3) is 0 Å². The van der Waals surface area contributed by atoms with Crippen LogP contribution in [0.3, 0.4) is 0 Å². The van der Waals surface area contributed by atoms with Crippen molar-refractivity contribution in [3.63, 3.8) is 0 Å². The number of aliphatic carboxylic acids is 1. The minimum Gasteiger partial charge on any atom is -0.481 e. The van der Waals surface area contributed by atoms with E-state index in [0.29, 0.717) is 26.1 Å². The number of ether oxygens (including phenoxy) is 2. The first-order chi connectivity index (χ1) is 15.2. The highest BCUT2D eigenvalue weighted by Crippen LogP contribution is 2.13. The van der Waals surface area contributed by atoms with E-state index in [1.54, 1.807) is 0 Å². The second-order valence-corrected chi connectivity index (χ2v) is 7.60. The van der Waals surface area contributed by atoms with Gasteiger partial charge < -0.3 is 14.6 Å². The Morgan fingerprint density at radius 2 is 1.48 bits per heavy atom. The van der Waals surface area contributed by atoms with E-state index in [1.807, 2.05) is 24.3 Å². The van der Waals surface area contributed by atoms with Crippen molar-refractivity contribution in [2.24, 2.45) is 5.92 Å². The molecule has 4 nitrogen and oxygen atoms in total. The van der Waals surface area contributed by atoms with Crippen molar-refractivity contribution in [2.45, 2.75) is 97.7 Å². The van der Waals surface area contributed by atoms with Gasteiger partial charge >= 0.3 is 5.97 Å². The molecule has 1 N–H and O–H groups in total. The summed E-state index contributed by atoms with van der Waals surface area (Å²) in [6.45, 7) is 7.40. The number of unbranched alkanes of at least 4 members (excludes halogenated alkanes) is 6. The van der Waals surface area contributed by atoms with Gasteiger partial charge in [-0.25, -0.2) is 0 Å². The molecule has 0 aromatic carbocycles. The summed E-state index contributed by atoms with van der Waals surface area (Å²) >= 11 is 0. The molecule has 0 heterocycles. The molecule has 0 aromatic rings. The van der Waals surface area contributed by atoms with Crippen molar-refractivity contribution in [3.05, 3.63) is 36.5 Å². The highest BCUT2D eigenvalue weighted by atomic mass is 16.7. The first-order valence-corrected chi connectivity index (χ1v) is 12.1. The molecule has 0 aliphatic rings. The average molecular weight is 433 g/mol. The Kier molecular flexibility index (Phi) is 21.5. The molecule has 0 amide bonds. The van der Waals surface area contributed by atoms with Gasteiger partial charge in [-0.2, -0.15) is 0 Å². The van der Waals surface area contributed by atoms with Crippen LogP contribution in [0.4, 0.5) is 0 Å². The minimum atomic E-state index is -0.743. The lowest BCUT2D eigenvalue weighted by molar-refractivity contribution is -0.140. The lowest BCUT2D eigenvalue weighted by Gasteiger charge is -2.10. The average Bonchev–Trinajstić information content (AvgIpc) is 2.76. The summed E-state index contributed by atoms with van der Waals surface area (Å²) in [4.78, 5) is 11.4. The van der Waals surface area contributed by atoms with Gasteiger partial charge in [-0.05, 0) is 38.0 Å². The van der Waals surface area contributed by atoms with Crippen molar-refractivity contribution >= 4 is 5.97 Å². The van der Waals surface area contributed by atoms with E-state index in [0.717, 1.165) is 57.8 Å². The van der Waals surface area contributed by atoms with Crippen LogP contribution in [0.2, 0.25) is 0 Å². The third-order valence-electron chi connectivity index (χ3n) is 4.63. The number of hydrogen-bond acceptors (Lipinski definition) is 3. The van der Waals surface area contributed by atoms with E-state index in [2.05, 4.69) is 44.8 Å². The van der Waals surface area contributed by atoms with E-state index in [9.17, 15) is 9.90 Å². The zero-order valence-electron chi connectivity index (χ0n) is 20.0.